The second kappa shape index (κ2) is 3.33. The molecule has 0 aliphatic heterocycles. The lowest BCUT2D eigenvalue weighted by Crippen LogP contribution is -2.18. The first-order valence-electron chi connectivity index (χ1n) is 3.55. The van der Waals surface area contributed by atoms with Gasteiger partial charge in [0.2, 0.25) is 0 Å². The molecule has 1 unspecified atom stereocenters. The van der Waals surface area contributed by atoms with Gasteiger partial charge in [0.15, 0.2) is 5.82 Å². The summed E-state index contributed by atoms with van der Waals surface area (Å²) in [5.74, 6) is -1.36. The maximum absolute atomic E-state index is 11.9. The Balaban J connectivity index is 2.75. The fourth-order valence-electron chi connectivity index (χ4n) is 0.740. The third kappa shape index (κ3) is 2.69. The van der Waals surface area contributed by atoms with E-state index in [9.17, 15) is 13.2 Å². The quantitative estimate of drug-likeness (QED) is 0.763. The van der Waals surface area contributed by atoms with Crippen molar-refractivity contribution in [1.29, 1.82) is 0 Å². The maximum atomic E-state index is 11.9. The number of rotatable bonds is 2. The molecule has 1 heterocycles. The topological polar surface area (TPSA) is 64.9 Å². The minimum absolute atomic E-state index is 0.0256. The minimum Gasteiger partial charge on any atom is -0.329 e. The van der Waals surface area contributed by atoms with Crippen LogP contribution >= 0.6 is 0 Å². The molecule has 0 aromatic carbocycles. The molecule has 0 radical (unpaired) electrons. The van der Waals surface area contributed by atoms with E-state index in [0.29, 0.717) is 0 Å². The fraction of sp³-hybridized carbons (Fsp3) is 0.667. The molecule has 4 nitrogen and oxygen atoms in total. The van der Waals surface area contributed by atoms with Crippen molar-refractivity contribution in [3.63, 3.8) is 0 Å². The zero-order chi connectivity index (χ0) is 10.1. The predicted octanol–water partition coefficient (Wildman–Crippen LogP) is 0.978. The van der Waals surface area contributed by atoms with Crippen LogP contribution in [0.25, 0.3) is 0 Å². The molecule has 0 amide bonds. The maximum Gasteiger partial charge on any atom is 0.471 e. The number of hydrogen-bond acceptors (Lipinski definition) is 4. The highest BCUT2D eigenvalue weighted by Gasteiger charge is 2.38. The van der Waals surface area contributed by atoms with Crippen molar-refractivity contribution in [2.75, 3.05) is 0 Å². The van der Waals surface area contributed by atoms with Crippen LogP contribution in [0.4, 0.5) is 13.2 Å². The van der Waals surface area contributed by atoms with Crippen molar-refractivity contribution in [3.05, 3.63) is 11.7 Å². The Bertz CT molecular complexity index is 281. The number of alkyl halides is 3. The summed E-state index contributed by atoms with van der Waals surface area (Å²) in [6.07, 6.45) is -4.41. The van der Waals surface area contributed by atoms with Gasteiger partial charge in [-0.05, 0) is 6.92 Å². The molecule has 2 N–H and O–H groups in total. The summed E-state index contributed by atoms with van der Waals surface area (Å²) in [6.45, 7) is 1.64. The van der Waals surface area contributed by atoms with E-state index in [0.717, 1.165) is 0 Å². The summed E-state index contributed by atoms with van der Waals surface area (Å²) >= 11 is 0. The minimum atomic E-state index is -4.58. The van der Waals surface area contributed by atoms with Gasteiger partial charge in [-0.3, -0.25) is 0 Å². The van der Waals surface area contributed by atoms with Crippen LogP contribution in [-0.2, 0) is 12.6 Å². The molecular weight excluding hydrogens is 187 g/mol. The van der Waals surface area contributed by atoms with Crippen molar-refractivity contribution in [2.45, 2.75) is 25.6 Å². The molecule has 13 heavy (non-hydrogen) atoms. The highest BCUT2D eigenvalue weighted by molar-refractivity contribution is 4.91. The van der Waals surface area contributed by atoms with Gasteiger partial charge in [-0.15, -0.1) is 0 Å². The van der Waals surface area contributed by atoms with E-state index in [2.05, 4.69) is 14.7 Å². The van der Waals surface area contributed by atoms with Crippen LogP contribution in [0.5, 0.6) is 0 Å². The van der Waals surface area contributed by atoms with E-state index in [-0.39, 0.29) is 18.3 Å². The second-order valence-corrected chi connectivity index (χ2v) is 2.69. The average Bonchev–Trinajstić information content (AvgIpc) is 2.32. The van der Waals surface area contributed by atoms with Crippen molar-refractivity contribution in [3.8, 4) is 0 Å². The molecular formula is C6H8F3N3O. The van der Waals surface area contributed by atoms with Crippen molar-refractivity contribution in [1.82, 2.24) is 10.1 Å². The number of nitrogens with zero attached hydrogens (tertiary/aromatic N) is 2. The molecule has 0 fully saturated rings. The zero-order valence-corrected chi connectivity index (χ0v) is 6.80. The molecule has 0 aliphatic rings. The highest BCUT2D eigenvalue weighted by atomic mass is 19.4. The third-order valence-electron chi connectivity index (χ3n) is 1.22. The van der Waals surface area contributed by atoms with Gasteiger partial charge < -0.3 is 10.3 Å². The van der Waals surface area contributed by atoms with Crippen LogP contribution in [-0.4, -0.2) is 16.2 Å². The molecule has 1 aromatic rings. The van der Waals surface area contributed by atoms with Gasteiger partial charge in [-0.2, -0.15) is 18.2 Å². The van der Waals surface area contributed by atoms with E-state index in [4.69, 9.17) is 5.73 Å². The van der Waals surface area contributed by atoms with E-state index in [1.807, 2.05) is 0 Å². The van der Waals surface area contributed by atoms with Gasteiger partial charge >= 0.3 is 12.1 Å². The van der Waals surface area contributed by atoms with Crippen LogP contribution in [0.1, 0.15) is 18.6 Å². The predicted molar refractivity (Wildman–Crippen MR) is 36.7 cm³/mol. The van der Waals surface area contributed by atoms with Gasteiger partial charge in [0.05, 0.1) is 0 Å². The van der Waals surface area contributed by atoms with Crippen molar-refractivity contribution >= 4 is 0 Å². The lowest BCUT2D eigenvalue weighted by atomic mass is 10.2. The molecule has 0 bridgehead atoms. The Labute approximate surface area is 71.9 Å². The first-order valence-corrected chi connectivity index (χ1v) is 3.55. The summed E-state index contributed by atoms with van der Waals surface area (Å²) in [7, 11) is 0. The average molecular weight is 195 g/mol. The second-order valence-electron chi connectivity index (χ2n) is 2.69. The summed E-state index contributed by atoms with van der Waals surface area (Å²) in [4.78, 5) is 3.14. The molecule has 0 spiro atoms. The van der Waals surface area contributed by atoms with Gasteiger partial charge in [-0.1, -0.05) is 5.16 Å². The highest BCUT2D eigenvalue weighted by Crippen LogP contribution is 2.27. The zero-order valence-electron chi connectivity index (χ0n) is 6.80. The summed E-state index contributed by atoms with van der Waals surface area (Å²) in [6, 6.07) is -0.293. The molecule has 1 atom stereocenters. The largest absolute Gasteiger partial charge is 0.471 e. The van der Waals surface area contributed by atoms with Crippen molar-refractivity contribution < 1.29 is 17.7 Å². The number of aromatic nitrogens is 2. The van der Waals surface area contributed by atoms with Gasteiger partial charge in [0.25, 0.3) is 0 Å². The summed E-state index contributed by atoms with van der Waals surface area (Å²) in [5.41, 5.74) is 5.34. The number of hydrogen-bond donors (Lipinski definition) is 1. The third-order valence-corrected chi connectivity index (χ3v) is 1.22. The molecule has 7 heteroatoms. The number of nitrogens with two attached hydrogens (primary N) is 1. The van der Waals surface area contributed by atoms with E-state index >= 15 is 0 Å². The van der Waals surface area contributed by atoms with E-state index < -0.39 is 12.1 Å². The van der Waals surface area contributed by atoms with Gasteiger partial charge in [-0.25, -0.2) is 0 Å². The Hall–Kier alpha value is -1.11. The van der Waals surface area contributed by atoms with Crippen LogP contribution in [0.2, 0.25) is 0 Å². The standard InChI is InChI=1S/C6H8F3N3O/c1-3(10)2-4-11-5(13-12-4)6(7,8)9/h3H,2,10H2,1H3. The normalized spacial score (nSPS) is 14.5. The molecule has 0 saturated heterocycles. The SMILES string of the molecule is CC(N)Cc1noc(C(F)(F)F)n1. The Morgan fingerprint density at radius 3 is 2.54 bits per heavy atom. The Morgan fingerprint density at radius 1 is 1.54 bits per heavy atom. The van der Waals surface area contributed by atoms with Crippen LogP contribution in [0, 0.1) is 0 Å². The van der Waals surface area contributed by atoms with E-state index in [1.165, 1.54) is 0 Å². The van der Waals surface area contributed by atoms with Crippen LogP contribution < -0.4 is 5.73 Å². The number of halogens is 3. The first-order chi connectivity index (χ1) is 5.89. The van der Waals surface area contributed by atoms with Crippen LogP contribution in [0.3, 0.4) is 0 Å². The molecule has 1 rings (SSSR count). The smallest absolute Gasteiger partial charge is 0.329 e. The lowest BCUT2D eigenvalue weighted by Gasteiger charge is -1.98. The Kier molecular flexibility index (Phi) is 2.55. The van der Waals surface area contributed by atoms with Crippen LogP contribution in [0.15, 0.2) is 4.52 Å². The van der Waals surface area contributed by atoms with E-state index in [1.54, 1.807) is 6.92 Å². The summed E-state index contributed by atoms with van der Waals surface area (Å²) < 4.78 is 39.7. The monoisotopic (exact) mass is 195 g/mol. The van der Waals surface area contributed by atoms with Gasteiger partial charge in [0.1, 0.15) is 0 Å². The molecule has 0 aliphatic carbocycles. The van der Waals surface area contributed by atoms with Gasteiger partial charge in [0, 0.05) is 12.5 Å². The molecule has 74 valence electrons. The Morgan fingerprint density at radius 2 is 2.15 bits per heavy atom. The lowest BCUT2D eigenvalue weighted by molar-refractivity contribution is -0.159. The summed E-state index contributed by atoms with van der Waals surface area (Å²) in [5, 5.41) is 3.14. The molecule has 0 saturated carbocycles. The molecule has 1 aromatic heterocycles. The van der Waals surface area contributed by atoms with Crippen molar-refractivity contribution in [2.24, 2.45) is 5.73 Å². The first kappa shape index (κ1) is 9.97. The fourth-order valence-corrected chi connectivity index (χ4v) is 0.740.